The number of hydrogen-bond donors (Lipinski definition) is 2. The van der Waals surface area contributed by atoms with Gasteiger partial charge in [-0.1, -0.05) is 29.8 Å². The first-order valence-electron chi connectivity index (χ1n) is 10.8. The zero-order valence-corrected chi connectivity index (χ0v) is 20.0. The van der Waals surface area contributed by atoms with Gasteiger partial charge in [-0.05, 0) is 24.1 Å². The molecule has 8 nitrogen and oxygen atoms in total. The van der Waals surface area contributed by atoms with E-state index in [1.54, 1.807) is 0 Å². The van der Waals surface area contributed by atoms with Crippen LogP contribution in [0.3, 0.4) is 0 Å². The Morgan fingerprint density at radius 2 is 2.08 bits per heavy atom. The minimum Gasteiger partial charge on any atom is -0.475 e. The fourth-order valence-electron chi connectivity index (χ4n) is 3.96. The largest absolute Gasteiger partial charge is 0.475 e. The van der Waals surface area contributed by atoms with Crippen molar-refractivity contribution in [2.75, 3.05) is 20.2 Å². The van der Waals surface area contributed by atoms with E-state index in [0.717, 1.165) is 17.0 Å². The van der Waals surface area contributed by atoms with Crippen LogP contribution in [-0.4, -0.2) is 48.0 Å². The maximum Gasteiger partial charge on any atom is 0.417 e. The van der Waals surface area contributed by atoms with Gasteiger partial charge in [-0.2, -0.15) is 18.3 Å². The average molecular weight is 535 g/mol. The summed E-state index contributed by atoms with van der Waals surface area (Å²) in [6, 6.07) is 5.26. The number of pyridine rings is 1. The van der Waals surface area contributed by atoms with Gasteiger partial charge in [0.1, 0.15) is 12.8 Å². The molecule has 0 aliphatic carbocycles. The maximum atomic E-state index is 14.5. The maximum absolute atomic E-state index is 14.5. The van der Waals surface area contributed by atoms with Crippen LogP contribution in [0.25, 0.3) is 0 Å². The van der Waals surface area contributed by atoms with Gasteiger partial charge in [0.25, 0.3) is 11.8 Å². The molecule has 0 spiro atoms. The van der Waals surface area contributed by atoms with Crippen molar-refractivity contribution in [2.24, 2.45) is 22.0 Å². The number of likely N-dealkylation sites (tertiary alicyclic amines) is 1. The predicted molar refractivity (Wildman–Crippen MR) is 121 cm³/mol. The van der Waals surface area contributed by atoms with Crippen LogP contribution in [-0.2, 0) is 6.18 Å². The molecule has 1 saturated heterocycles. The van der Waals surface area contributed by atoms with E-state index in [1.807, 2.05) is 0 Å². The van der Waals surface area contributed by atoms with Crippen LogP contribution in [0.5, 0.6) is 5.88 Å². The van der Waals surface area contributed by atoms with Crippen molar-refractivity contribution in [3.63, 3.8) is 0 Å². The zero-order chi connectivity index (χ0) is 26.7. The topological polar surface area (TPSA) is 105 Å². The number of nitrogens with zero attached hydrogens (tertiary/aromatic N) is 4. The van der Waals surface area contributed by atoms with Crippen LogP contribution in [0.2, 0.25) is 5.02 Å². The first-order chi connectivity index (χ1) is 16.8. The van der Waals surface area contributed by atoms with Gasteiger partial charge in [0.15, 0.2) is 0 Å². The van der Waals surface area contributed by atoms with Crippen molar-refractivity contribution < 1.29 is 31.5 Å². The Morgan fingerprint density at radius 3 is 2.69 bits per heavy atom. The Hall–Kier alpha value is -3.06. The lowest BCUT2D eigenvalue weighted by Gasteiger charge is -2.43. The molecule has 1 aromatic heterocycles. The van der Waals surface area contributed by atoms with Crippen molar-refractivity contribution in [3.8, 4) is 5.88 Å². The molecule has 1 fully saturated rings. The minimum atomic E-state index is -4.57. The number of piperidine rings is 1. The monoisotopic (exact) mass is 534 g/mol. The summed E-state index contributed by atoms with van der Waals surface area (Å²) in [6.45, 7) is 0.370. The second kappa shape index (κ2) is 10.9. The smallest absolute Gasteiger partial charge is 0.417 e. The van der Waals surface area contributed by atoms with Gasteiger partial charge in [0.2, 0.25) is 5.88 Å². The average Bonchev–Trinajstić information content (AvgIpc) is 2.80. The fourth-order valence-corrected chi connectivity index (χ4v) is 4.13. The molecular weight excluding hydrogens is 511 g/mol. The number of aromatic nitrogens is 1. The van der Waals surface area contributed by atoms with Gasteiger partial charge in [-0.15, -0.1) is 0 Å². The number of carbonyl (C=O) groups excluding carboxylic acids is 1. The van der Waals surface area contributed by atoms with E-state index in [4.69, 9.17) is 22.1 Å². The number of carbonyl (C=O) groups is 1. The fraction of sp³-hybridized carbons (Fsp3) is 0.455. The van der Waals surface area contributed by atoms with Crippen LogP contribution in [0.1, 0.15) is 41.0 Å². The van der Waals surface area contributed by atoms with Gasteiger partial charge >= 0.3 is 6.18 Å². The van der Waals surface area contributed by atoms with Crippen LogP contribution in [0.4, 0.5) is 22.0 Å². The number of alkyl halides is 5. The molecule has 3 rings (SSSR count). The Kier molecular flexibility index (Phi) is 8.34. The lowest BCUT2D eigenvalue weighted by molar-refractivity contribution is -0.137. The number of hydrogen-bond acceptors (Lipinski definition) is 6. The lowest BCUT2D eigenvalue weighted by Crippen LogP contribution is -2.57. The van der Waals surface area contributed by atoms with Crippen molar-refractivity contribution in [1.82, 2.24) is 15.3 Å². The number of nitrogens with two attached hydrogens (primary N) is 1. The van der Waals surface area contributed by atoms with Crippen molar-refractivity contribution in [1.29, 1.82) is 0 Å². The molecule has 0 radical (unpaired) electrons. The molecule has 3 N–H and O–H groups in total. The minimum absolute atomic E-state index is 0.0173. The molecule has 1 aromatic carbocycles. The summed E-state index contributed by atoms with van der Waals surface area (Å²) in [7, 11) is 1.40. The van der Waals surface area contributed by atoms with Gasteiger partial charge in [0, 0.05) is 34.8 Å². The SMILES string of the molecule is CN=NNC(N)c1ccc(Cl)cc1C(=O)N1CC(F)(F)CC(C)C1COc1ccc(C(F)(F)F)cn1. The van der Waals surface area contributed by atoms with Crippen LogP contribution < -0.4 is 15.9 Å². The predicted octanol–water partition coefficient (Wildman–Crippen LogP) is 4.86. The van der Waals surface area contributed by atoms with E-state index >= 15 is 0 Å². The van der Waals surface area contributed by atoms with Gasteiger partial charge < -0.3 is 15.4 Å². The Balaban J connectivity index is 1.88. The van der Waals surface area contributed by atoms with Gasteiger partial charge in [-0.3, -0.25) is 10.2 Å². The molecule has 1 aliphatic heterocycles. The highest BCUT2D eigenvalue weighted by Crippen LogP contribution is 2.36. The molecule has 3 atom stereocenters. The summed E-state index contributed by atoms with van der Waals surface area (Å²) in [4.78, 5) is 18.2. The number of ether oxygens (including phenoxy) is 1. The molecule has 3 unspecified atom stereocenters. The van der Waals surface area contributed by atoms with E-state index in [9.17, 15) is 26.7 Å². The molecule has 2 aromatic rings. The normalized spacial score (nSPS) is 20.9. The highest BCUT2D eigenvalue weighted by molar-refractivity contribution is 6.31. The third-order valence-electron chi connectivity index (χ3n) is 5.68. The number of nitrogens with one attached hydrogen (secondary N) is 1. The first kappa shape index (κ1) is 27.5. The molecule has 1 aliphatic rings. The summed E-state index contributed by atoms with van der Waals surface area (Å²) >= 11 is 6.08. The second-order valence-corrected chi connectivity index (χ2v) is 8.81. The Bertz CT molecular complexity index is 1100. The van der Waals surface area contributed by atoms with E-state index < -0.39 is 54.7 Å². The van der Waals surface area contributed by atoms with Crippen molar-refractivity contribution in [3.05, 3.63) is 58.2 Å². The van der Waals surface area contributed by atoms with E-state index in [1.165, 1.54) is 32.2 Å². The molecule has 2 heterocycles. The summed E-state index contributed by atoms with van der Waals surface area (Å²) in [5.74, 6) is -4.79. The summed E-state index contributed by atoms with van der Waals surface area (Å²) in [5.41, 5.74) is 7.85. The lowest BCUT2D eigenvalue weighted by atomic mass is 9.88. The quantitative estimate of drug-likeness (QED) is 0.228. The summed E-state index contributed by atoms with van der Waals surface area (Å²) < 4.78 is 72.9. The zero-order valence-electron chi connectivity index (χ0n) is 19.3. The summed E-state index contributed by atoms with van der Waals surface area (Å²) in [5, 5.41) is 7.30. The van der Waals surface area contributed by atoms with Crippen LogP contribution in [0.15, 0.2) is 46.9 Å². The molecule has 1 amide bonds. The van der Waals surface area contributed by atoms with Crippen LogP contribution >= 0.6 is 11.6 Å². The number of rotatable bonds is 7. The third kappa shape index (κ3) is 6.58. The van der Waals surface area contributed by atoms with Crippen molar-refractivity contribution >= 4 is 17.5 Å². The van der Waals surface area contributed by atoms with Crippen LogP contribution in [0, 0.1) is 5.92 Å². The molecule has 0 bridgehead atoms. The number of amides is 1. The molecule has 196 valence electrons. The highest BCUT2D eigenvalue weighted by Gasteiger charge is 2.47. The molecular formula is C22H24ClF5N6O2. The third-order valence-corrected chi connectivity index (χ3v) is 5.92. The Morgan fingerprint density at radius 1 is 1.36 bits per heavy atom. The molecule has 36 heavy (non-hydrogen) atoms. The van der Waals surface area contributed by atoms with E-state index in [2.05, 4.69) is 20.7 Å². The highest BCUT2D eigenvalue weighted by atomic mass is 35.5. The van der Waals surface area contributed by atoms with Crippen molar-refractivity contribution in [2.45, 2.75) is 37.7 Å². The van der Waals surface area contributed by atoms with Gasteiger partial charge in [-0.25, -0.2) is 13.8 Å². The summed E-state index contributed by atoms with van der Waals surface area (Å²) in [6.07, 6.45) is -5.46. The number of benzene rings is 1. The standard InChI is InChI=1S/C22H24ClF5N6O2/c1-12-8-21(24,25)11-34(17(12)10-36-18-6-3-13(9-31-18)22(26,27)28)20(35)16-7-14(23)4-5-15(16)19(29)32-33-30-2/h3-7,9,12,17,19H,8,10-11,29H2,1-2H3,(H,30,32). The van der Waals surface area contributed by atoms with E-state index in [0.29, 0.717) is 6.20 Å². The first-order valence-corrected chi connectivity index (χ1v) is 11.1. The van der Waals surface area contributed by atoms with Gasteiger partial charge in [0.05, 0.1) is 25.2 Å². The second-order valence-electron chi connectivity index (χ2n) is 8.37. The molecule has 0 saturated carbocycles. The Labute approximate surface area is 208 Å². The molecule has 14 heteroatoms. The van der Waals surface area contributed by atoms with E-state index in [-0.39, 0.29) is 28.6 Å². The number of halogens is 6.